The number of aryl methyl sites for hydroxylation is 1. The third-order valence-electron chi connectivity index (χ3n) is 2.90. The van der Waals surface area contributed by atoms with Crippen LogP contribution in [-0.2, 0) is 4.79 Å². The molecule has 0 aliphatic heterocycles. The Labute approximate surface area is 100 Å². The van der Waals surface area contributed by atoms with E-state index in [-0.39, 0.29) is 5.69 Å². The summed E-state index contributed by atoms with van der Waals surface area (Å²) in [5.41, 5.74) is -0.557. The first-order chi connectivity index (χ1) is 7.94. The largest absolute Gasteiger partial charge is 0.322 e. The van der Waals surface area contributed by atoms with Crippen molar-refractivity contribution in [3.05, 3.63) is 29.6 Å². The molecule has 1 amide bonds. The third kappa shape index (κ3) is 2.62. The van der Waals surface area contributed by atoms with Crippen LogP contribution in [0, 0.1) is 29.5 Å². The molecule has 0 radical (unpaired) electrons. The molecule has 0 aromatic heterocycles. The monoisotopic (exact) mass is 234 g/mol. The number of halogens is 1. The lowest BCUT2D eigenvalue weighted by atomic mass is 9.88. The molecule has 0 heterocycles. The summed E-state index contributed by atoms with van der Waals surface area (Å²) in [6.07, 6.45) is 0.378. The van der Waals surface area contributed by atoms with Gasteiger partial charge in [-0.15, -0.1) is 0 Å². The maximum Gasteiger partial charge on any atom is 0.244 e. The van der Waals surface area contributed by atoms with Crippen LogP contribution in [0.3, 0.4) is 0 Å². The van der Waals surface area contributed by atoms with Gasteiger partial charge in [-0.25, -0.2) is 4.39 Å². The van der Waals surface area contributed by atoms with Crippen molar-refractivity contribution in [1.29, 1.82) is 5.26 Å². The first-order valence-corrected chi connectivity index (χ1v) is 5.42. The number of benzene rings is 1. The van der Waals surface area contributed by atoms with Crippen molar-refractivity contribution in [2.75, 3.05) is 5.32 Å². The van der Waals surface area contributed by atoms with E-state index in [0.717, 1.165) is 0 Å². The quantitative estimate of drug-likeness (QED) is 0.874. The van der Waals surface area contributed by atoms with Crippen LogP contribution in [-0.4, -0.2) is 5.91 Å². The van der Waals surface area contributed by atoms with Gasteiger partial charge in [0.25, 0.3) is 0 Å². The fourth-order valence-electron chi connectivity index (χ4n) is 1.29. The summed E-state index contributed by atoms with van der Waals surface area (Å²) in [7, 11) is 0. The molecule has 1 atom stereocenters. The number of nitrogens with zero attached hydrogens (tertiary/aromatic N) is 1. The lowest BCUT2D eigenvalue weighted by Crippen LogP contribution is -2.31. The SMILES string of the molecule is CCC(C)(C#N)C(=O)Nc1cccc(C)c1F. The van der Waals surface area contributed by atoms with Gasteiger partial charge < -0.3 is 5.32 Å². The zero-order chi connectivity index (χ0) is 13.1. The van der Waals surface area contributed by atoms with Crippen molar-refractivity contribution >= 4 is 11.6 Å². The highest BCUT2D eigenvalue weighted by atomic mass is 19.1. The standard InChI is InChI=1S/C13H15FN2O/c1-4-13(3,8-15)12(17)16-10-7-5-6-9(2)11(10)14/h5-7H,4H2,1-3H3,(H,16,17). The van der Waals surface area contributed by atoms with Crippen LogP contribution in [0.25, 0.3) is 0 Å². The van der Waals surface area contributed by atoms with Crippen LogP contribution < -0.4 is 5.32 Å². The molecule has 4 heteroatoms. The minimum Gasteiger partial charge on any atom is -0.322 e. The Morgan fingerprint density at radius 3 is 2.76 bits per heavy atom. The molecule has 90 valence electrons. The topological polar surface area (TPSA) is 52.9 Å². The number of carbonyl (C=O) groups is 1. The highest BCUT2D eigenvalue weighted by Crippen LogP contribution is 2.24. The fraction of sp³-hybridized carbons (Fsp3) is 0.385. The molecule has 1 N–H and O–H groups in total. The Morgan fingerprint density at radius 2 is 2.24 bits per heavy atom. The summed E-state index contributed by atoms with van der Waals surface area (Å²) in [6.45, 7) is 4.90. The summed E-state index contributed by atoms with van der Waals surface area (Å²) in [6, 6.07) is 6.70. The molecule has 0 spiro atoms. The van der Waals surface area contributed by atoms with Gasteiger partial charge in [0.15, 0.2) is 0 Å². The van der Waals surface area contributed by atoms with Crippen LogP contribution in [0.15, 0.2) is 18.2 Å². The molecule has 1 aromatic rings. The number of nitriles is 1. The lowest BCUT2D eigenvalue weighted by molar-refractivity contribution is -0.122. The van der Waals surface area contributed by atoms with Crippen molar-refractivity contribution in [1.82, 2.24) is 0 Å². The van der Waals surface area contributed by atoms with E-state index >= 15 is 0 Å². The van der Waals surface area contributed by atoms with E-state index in [4.69, 9.17) is 5.26 Å². The maximum absolute atomic E-state index is 13.7. The zero-order valence-electron chi connectivity index (χ0n) is 10.2. The van der Waals surface area contributed by atoms with Gasteiger partial charge in [0.05, 0.1) is 11.8 Å². The molecule has 1 aromatic carbocycles. The maximum atomic E-state index is 13.7. The third-order valence-corrected chi connectivity index (χ3v) is 2.90. The van der Waals surface area contributed by atoms with E-state index in [2.05, 4.69) is 5.32 Å². The molecule has 1 unspecified atom stereocenters. The van der Waals surface area contributed by atoms with Gasteiger partial charge in [0, 0.05) is 0 Å². The molecule has 0 aliphatic carbocycles. The lowest BCUT2D eigenvalue weighted by Gasteiger charge is -2.19. The zero-order valence-corrected chi connectivity index (χ0v) is 10.2. The first-order valence-electron chi connectivity index (χ1n) is 5.42. The van der Waals surface area contributed by atoms with E-state index in [1.165, 1.54) is 13.0 Å². The molecular formula is C13H15FN2O. The van der Waals surface area contributed by atoms with Crippen molar-refractivity contribution in [3.8, 4) is 6.07 Å². The van der Waals surface area contributed by atoms with E-state index in [1.807, 2.05) is 6.07 Å². The molecule has 0 aliphatic rings. The fourth-order valence-corrected chi connectivity index (χ4v) is 1.29. The number of amides is 1. The average molecular weight is 234 g/mol. The Kier molecular flexibility index (Phi) is 3.84. The highest BCUT2D eigenvalue weighted by Gasteiger charge is 2.31. The van der Waals surface area contributed by atoms with E-state index in [1.54, 1.807) is 26.0 Å². The molecule has 1 rings (SSSR count). The van der Waals surface area contributed by atoms with Gasteiger partial charge >= 0.3 is 0 Å². The normalized spacial score (nSPS) is 13.6. The molecule has 0 saturated heterocycles. The van der Waals surface area contributed by atoms with Crippen LogP contribution in [0.2, 0.25) is 0 Å². The van der Waals surface area contributed by atoms with Crippen molar-refractivity contribution in [3.63, 3.8) is 0 Å². The minimum atomic E-state index is -1.13. The van der Waals surface area contributed by atoms with Gasteiger partial charge in [-0.3, -0.25) is 4.79 Å². The van der Waals surface area contributed by atoms with E-state index in [9.17, 15) is 9.18 Å². The number of rotatable bonds is 3. The van der Waals surface area contributed by atoms with Crippen LogP contribution >= 0.6 is 0 Å². The van der Waals surface area contributed by atoms with Gasteiger partial charge in [-0.1, -0.05) is 19.1 Å². The summed E-state index contributed by atoms with van der Waals surface area (Å²) >= 11 is 0. The van der Waals surface area contributed by atoms with Crippen molar-refractivity contribution in [2.45, 2.75) is 27.2 Å². The van der Waals surface area contributed by atoms with Crippen LogP contribution in [0.1, 0.15) is 25.8 Å². The second-order valence-electron chi connectivity index (χ2n) is 4.19. The molecular weight excluding hydrogens is 219 g/mol. The Bertz CT molecular complexity index is 479. The minimum absolute atomic E-state index is 0.116. The van der Waals surface area contributed by atoms with E-state index < -0.39 is 17.1 Å². The van der Waals surface area contributed by atoms with Gasteiger partial charge in [0.1, 0.15) is 11.2 Å². The van der Waals surface area contributed by atoms with Gasteiger partial charge in [-0.05, 0) is 31.9 Å². The number of hydrogen-bond acceptors (Lipinski definition) is 2. The summed E-state index contributed by atoms with van der Waals surface area (Å²) < 4.78 is 13.7. The average Bonchev–Trinajstić information content (AvgIpc) is 2.33. The molecule has 0 fully saturated rings. The Morgan fingerprint density at radius 1 is 1.59 bits per heavy atom. The second-order valence-corrected chi connectivity index (χ2v) is 4.19. The number of carbonyl (C=O) groups excluding carboxylic acids is 1. The predicted molar refractivity (Wildman–Crippen MR) is 63.8 cm³/mol. The Balaban J connectivity index is 2.97. The van der Waals surface area contributed by atoms with Crippen molar-refractivity contribution < 1.29 is 9.18 Å². The highest BCUT2D eigenvalue weighted by molar-refractivity contribution is 5.97. The van der Waals surface area contributed by atoms with Gasteiger partial charge in [0.2, 0.25) is 5.91 Å². The molecule has 3 nitrogen and oxygen atoms in total. The summed E-state index contributed by atoms with van der Waals surface area (Å²) in [5, 5.41) is 11.4. The summed E-state index contributed by atoms with van der Waals surface area (Å²) in [5.74, 6) is -0.941. The van der Waals surface area contributed by atoms with Crippen molar-refractivity contribution in [2.24, 2.45) is 5.41 Å². The first kappa shape index (κ1) is 13.2. The van der Waals surface area contributed by atoms with Gasteiger partial charge in [-0.2, -0.15) is 5.26 Å². The number of nitrogens with one attached hydrogen (secondary N) is 1. The predicted octanol–water partition coefficient (Wildman–Crippen LogP) is 3.01. The molecule has 0 bridgehead atoms. The number of hydrogen-bond donors (Lipinski definition) is 1. The van der Waals surface area contributed by atoms with Crippen LogP contribution in [0.5, 0.6) is 0 Å². The smallest absolute Gasteiger partial charge is 0.244 e. The number of anilines is 1. The summed E-state index contributed by atoms with van der Waals surface area (Å²) in [4.78, 5) is 11.9. The molecule has 17 heavy (non-hydrogen) atoms. The second kappa shape index (κ2) is 4.96. The Hall–Kier alpha value is -1.89. The van der Waals surface area contributed by atoms with Crippen LogP contribution in [0.4, 0.5) is 10.1 Å². The van der Waals surface area contributed by atoms with E-state index in [0.29, 0.717) is 12.0 Å². The molecule has 0 saturated carbocycles.